The molecule has 1 rings (SSSR count). The van der Waals surface area contributed by atoms with E-state index in [4.69, 9.17) is 4.74 Å². The summed E-state index contributed by atoms with van der Waals surface area (Å²) in [6, 6.07) is 0.568. The minimum absolute atomic E-state index is 0.0765. The van der Waals surface area contributed by atoms with Gasteiger partial charge in [0.05, 0.1) is 13.2 Å². The van der Waals surface area contributed by atoms with Gasteiger partial charge in [0.25, 0.3) is 0 Å². The molecule has 0 spiro atoms. The molecule has 1 saturated heterocycles. The average molecular weight is 187 g/mol. The first-order valence-electron chi connectivity index (χ1n) is 4.56. The third-order valence-corrected chi connectivity index (χ3v) is 2.27. The van der Waals surface area contributed by atoms with E-state index in [1.807, 2.05) is 0 Å². The first-order chi connectivity index (χ1) is 6.13. The lowest BCUT2D eigenvalue weighted by molar-refractivity contribution is -0.152. The van der Waals surface area contributed by atoms with Crippen LogP contribution in [0.3, 0.4) is 0 Å². The normalized spacial score (nSPS) is 18.8. The Labute approximate surface area is 78.8 Å². The summed E-state index contributed by atoms with van der Waals surface area (Å²) in [4.78, 5) is 13.0. The van der Waals surface area contributed by atoms with Gasteiger partial charge < -0.3 is 9.47 Å². The first kappa shape index (κ1) is 10.5. The number of ether oxygens (including phenoxy) is 2. The summed E-state index contributed by atoms with van der Waals surface area (Å²) in [5.41, 5.74) is 0. The molecule has 4 nitrogen and oxygen atoms in total. The lowest BCUT2D eigenvalue weighted by atomic mass is 10.1. The van der Waals surface area contributed by atoms with Crippen LogP contribution in [0, 0.1) is 0 Å². The Morgan fingerprint density at radius 2 is 2.15 bits per heavy atom. The molecule has 13 heavy (non-hydrogen) atoms. The Morgan fingerprint density at radius 3 is 2.62 bits per heavy atom. The Kier molecular flexibility index (Phi) is 3.69. The van der Waals surface area contributed by atoms with Crippen LogP contribution in [0.5, 0.6) is 0 Å². The molecule has 1 aliphatic heterocycles. The van der Waals surface area contributed by atoms with Crippen LogP contribution < -0.4 is 0 Å². The minimum Gasteiger partial charge on any atom is -0.467 e. The molecule has 0 atom stereocenters. The van der Waals surface area contributed by atoms with Crippen molar-refractivity contribution in [2.75, 3.05) is 26.8 Å². The maximum atomic E-state index is 10.7. The summed E-state index contributed by atoms with van der Waals surface area (Å²) in [6.07, 6.45) is 0.210. The largest absolute Gasteiger partial charge is 0.467 e. The van der Waals surface area contributed by atoms with Crippen molar-refractivity contribution < 1.29 is 14.3 Å². The van der Waals surface area contributed by atoms with E-state index >= 15 is 0 Å². The molecule has 0 unspecified atom stereocenters. The predicted molar refractivity (Wildman–Crippen MR) is 48.5 cm³/mol. The molecular formula is C9H17NO3. The first-order valence-corrected chi connectivity index (χ1v) is 4.56. The molecular weight excluding hydrogens is 170 g/mol. The van der Waals surface area contributed by atoms with Gasteiger partial charge in [-0.1, -0.05) is 0 Å². The van der Waals surface area contributed by atoms with Gasteiger partial charge in [0.2, 0.25) is 0 Å². The molecule has 0 aromatic carbocycles. The average Bonchev–Trinajstić information content (AvgIpc) is 2.00. The SMILES string of the molecule is COC(=O)COC1CN(C(C)C)C1. The zero-order chi connectivity index (χ0) is 9.84. The van der Waals surface area contributed by atoms with E-state index in [1.165, 1.54) is 7.11 Å². The third-order valence-electron chi connectivity index (χ3n) is 2.27. The van der Waals surface area contributed by atoms with Crippen molar-refractivity contribution in [1.82, 2.24) is 4.90 Å². The second kappa shape index (κ2) is 4.58. The number of methoxy groups -OCH3 is 1. The molecule has 0 aromatic rings. The zero-order valence-corrected chi connectivity index (χ0v) is 8.45. The van der Waals surface area contributed by atoms with Crippen LogP contribution >= 0.6 is 0 Å². The highest BCUT2D eigenvalue weighted by atomic mass is 16.6. The van der Waals surface area contributed by atoms with Crippen LogP contribution in [0.2, 0.25) is 0 Å². The van der Waals surface area contributed by atoms with Gasteiger partial charge in [-0.2, -0.15) is 0 Å². The lowest BCUT2D eigenvalue weighted by Crippen LogP contribution is -2.55. The summed E-state index contributed by atoms with van der Waals surface area (Å²) < 4.78 is 9.76. The van der Waals surface area contributed by atoms with E-state index in [1.54, 1.807) is 0 Å². The Bertz CT molecular complexity index is 176. The molecule has 0 aromatic heterocycles. The minimum atomic E-state index is -0.303. The molecule has 1 aliphatic rings. The molecule has 0 radical (unpaired) electrons. The van der Waals surface area contributed by atoms with Crippen LogP contribution in [0.25, 0.3) is 0 Å². The van der Waals surface area contributed by atoms with Crippen molar-refractivity contribution in [3.05, 3.63) is 0 Å². The maximum Gasteiger partial charge on any atom is 0.331 e. The highest BCUT2D eigenvalue weighted by Gasteiger charge is 2.29. The number of hydrogen-bond donors (Lipinski definition) is 0. The Balaban J connectivity index is 2.05. The highest BCUT2D eigenvalue weighted by Crippen LogP contribution is 2.14. The molecule has 1 fully saturated rings. The van der Waals surface area contributed by atoms with Crippen LogP contribution in [-0.4, -0.2) is 49.8 Å². The summed E-state index contributed by atoms with van der Waals surface area (Å²) in [5.74, 6) is -0.303. The van der Waals surface area contributed by atoms with Gasteiger partial charge in [0, 0.05) is 19.1 Å². The van der Waals surface area contributed by atoms with Crippen molar-refractivity contribution in [3.8, 4) is 0 Å². The number of nitrogens with zero attached hydrogens (tertiary/aromatic N) is 1. The van der Waals surface area contributed by atoms with E-state index < -0.39 is 0 Å². The van der Waals surface area contributed by atoms with Crippen molar-refractivity contribution in [3.63, 3.8) is 0 Å². The van der Waals surface area contributed by atoms with Gasteiger partial charge in [-0.25, -0.2) is 4.79 Å². The van der Waals surface area contributed by atoms with Crippen molar-refractivity contribution in [1.29, 1.82) is 0 Å². The number of carbonyl (C=O) groups excluding carboxylic acids is 1. The highest BCUT2D eigenvalue weighted by molar-refractivity contribution is 5.70. The van der Waals surface area contributed by atoms with E-state index in [0.29, 0.717) is 6.04 Å². The van der Waals surface area contributed by atoms with Crippen LogP contribution in [-0.2, 0) is 14.3 Å². The molecule has 76 valence electrons. The predicted octanol–water partition coefficient (Wildman–Crippen LogP) is 0.269. The van der Waals surface area contributed by atoms with Crippen LogP contribution in [0.1, 0.15) is 13.8 Å². The molecule has 0 saturated carbocycles. The van der Waals surface area contributed by atoms with Crippen molar-refractivity contribution in [2.24, 2.45) is 0 Å². The standard InChI is InChI=1S/C9H17NO3/c1-7(2)10-4-8(5-10)13-6-9(11)12-3/h7-8H,4-6H2,1-3H3. The third kappa shape index (κ3) is 2.97. The second-order valence-electron chi connectivity index (χ2n) is 3.56. The molecule has 0 N–H and O–H groups in total. The molecule has 1 heterocycles. The van der Waals surface area contributed by atoms with Gasteiger partial charge in [0.1, 0.15) is 6.61 Å². The van der Waals surface area contributed by atoms with Crippen molar-refractivity contribution in [2.45, 2.75) is 26.0 Å². The fourth-order valence-corrected chi connectivity index (χ4v) is 1.24. The number of carbonyl (C=O) groups is 1. The van der Waals surface area contributed by atoms with Gasteiger partial charge in [-0.3, -0.25) is 4.90 Å². The maximum absolute atomic E-state index is 10.7. The second-order valence-corrected chi connectivity index (χ2v) is 3.56. The van der Waals surface area contributed by atoms with E-state index in [-0.39, 0.29) is 18.7 Å². The fraction of sp³-hybridized carbons (Fsp3) is 0.889. The monoisotopic (exact) mass is 187 g/mol. The van der Waals surface area contributed by atoms with Gasteiger partial charge in [0.15, 0.2) is 0 Å². The Hall–Kier alpha value is -0.610. The van der Waals surface area contributed by atoms with E-state index in [9.17, 15) is 4.79 Å². The van der Waals surface area contributed by atoms with Crippen molar-refractivity contribution >= 4 is 5.97 Å². The van der Waals surface area contributed by atoms with Crippen LogP contribution in [0.15, 0.2) is 0 Å². The van der Waals surface area contributed by atoms with Gasteiger partial charge in [-0.05, 0) is 13.8 Å². The van der Waals surface area contributed by atoms with E-state index in [2.05, 4.69) is 23.5 Å². The topological polar surface area (TPSA) is 38.8 Å². The van der Waals surface area contributed by atoms with E-state index in [0.717, 1.165) is 13.1 Å². The summed E-state index contributed by atoms with van der Waals surface area (Å²) in [6.45, 7) is 6.23. The van der Waals surface area contributed by atoms with Gasteiger partial charge in [-0.15, -0.1) is 0 Å². The summed E-state index contributed by atoms with van der Waals surface area (Å²) in [7, 11) is 1.37. The van der Waals surface area contributed by atoms with Crippen LogP contribution in [0.4, 0.5) is 0 Å². The number of hydrogen-bond acceptors (Lipinski definition) is 4. The number of esters is 1. The summed E-state index contributed by atoms with van der Waals surface area (Å²) >= 11 is 0. The smallest absolute Gasteiger partial charge is 0.331 e. The zero-order valence-electron chi connectivity index (χ0n) is 8.45. The molecule has 0 amide bonds. The number of likely N-dealkylation sites (tertiary alicyclic amines) is 1. The molecule has 0 aliphatic carbocycles. The van der Waals surface area contributed by atoms with Gasteiger partial charge >= 0.3 is 5.97 Å². The Morgan fingerprint density at radius 1 is 1.54 bits per heavy atom. The quantitative estimate of drug-likeness (QED) is 0.592. The fourth-order valence-electron chi connectivity index (χ4n) is 1.24. The lowest BCUT2D eigenvalue weighted by Gasteiger charge is -2.41. The summed E-state index contributed by atoms with van der Waals surface area (Å²) in [5, 5.41) is 0. The molecule has 0 bridgehead atoms. The number of rotatable bonds is 4. The molecule has 4 heteroatoms.